The maximum Gasteiger partial charge on any atom is 0.253 e. The van der Waals surface area contributed by atoms with Gasteiger partial charge in [-0.05, 0) is 31.0 Å². The van der Waals surface area contributed by atoms with Crippen molar-refractivity contribution in [1.29, 1.82) is 0 Å². The lowest BCUT2D eigenvalue weighted by molar-refractivity contribution is -0.0946. The number of nitrogens with one attached hydrogen (secondary N) is 1. The van der Waals surface area contributed by atoms with Crippen LogP contribution in [0.4, 0.5) is 0 Å². The number of piperidine rings is 2. The average Bonchev–Trinajstić information content (AvgIpc) is 3.06. The smallest absolute Gasteiger partial charge is 0.253 e. The van der Waals surface area contributed by atoms with Crippen LogP contribution < -0.4 is 0 Å². The third kappa shape index (κ3) is 3.00. The molecule has 1 aromatic carbocycles. The van der Waals surface area contributed by atoms with Crippen molar-refractivity contribution < 1.29 is 18.3 Å². The number of amides is 1. The fourth-order valence-corrected chi connectivity index (χ4v) is 4.88. The Balaban J connectivity index is 1.54. The standard InChI is InChI=1S/C17H22N4O4S/c1-26(24,25)21-7-5-17(23)4-6-20(9-13(17)10-21)16(22)12-2-3-14-15(8-12)19-11-18-14/h2-3,8,11,13,23H,4-7,9-10H2,1H3,(H,18,19)/t13-,17-/m1/s1. The van der Waals surface area contributed by atoms with Gasteiger partial charge in [0, 0.05) is 37.7 Å². The summed E-state index contributed by atoms with van der Waals surface area (Å²) < 4.78 is 25.1. The Morgan fingerprint density at radius 1 is 1.31 bits per heavy atom. The van der Waals surface area contributed by atoms with Gasteiger partial charge < -0.3 is 15.0 Å². The summed E-state index contributed by atoms with van der Waals surface area (Å²) >= 11 is 0. The molecule has 2 N–H and O–H groups in total. The number of nitrogens with zero attached hydrogens (tertiary/aromatic N) is 3. The van der Waals surface area contributed by atoms with Crippen LogP contribution in [0.25, 0.3) is 11.0 Å². The molecule has 0 bridgehead atoms. The highest BCUT2D eigenvalue weighted by molar-refractivity contribution is 7.88. The molecular weight excluding hydrogens is 356 g/mol. The van der Waals surface area contributed by atoms with Crippen LogP contribution in [0.2, 0.25) is 0 Å². The molecule has 4 rings (SSSR count). The predicted molar refractivity (Wildman–Crippen MR) is 96.1 cm³/mol. The first-order valence-corrected chi connectivity index (χ1v) is 10.5. The van der Waals surface area contributed by atoms with Gasteiger partial charge in [-0.1, -0.05) is 0 Å². The number of hydrogen-bond acceptors (Lipinski definition) is 5. The maximum absolute atomic E-state index is 12.9. The van der Waals surface area contributed by atoms with Crippen LogP contribution in [0.1, 0.15) is 23.2 Å². The first-order chi connectivity index (χ1) is 12.3. The van der Waals surface area contributed by atoms with Crippen LogP contribution in [-0.2, 0) is 10.0 Å². The van der Waals surface area contributed by atoms with E-state index >= 15 is 0 Å². The van der Waals surface area contributed by atoms with E-state index in [0.717, 1.165) is 11.0 Å². The van der Waals surface area contributed by atoms with E-state index in [1.807, 2.05) is 0 Å². The molecule has 1 aromatic heterocycles. The van der Waals surface area contributed by atoms with E-state index in [1.54, 1.807) is 29.4 Å². The molecule has 2 atom stereocenters. The zero-order valence-corrected chi connectivity index (χ0v) is 15.4. The van der Waals surface area contributed by atoms with Crippen LogP contribution in [0.3, 0.4) is 0 Å². The number of imidazole rings is 1. The molecule has 9 heteroatoms. The SMILES string of the molecule is CS(=O)(=O)N1CC[C@]2(O)CCN(C(=O)c3ccc4nc[nH]c4c3)C[C@@H]2C1. The number of rotatable bonds is 2. The molecule has 2 aliphatic heterocycles. The highest BCUT2D eigenvalue weighted by atomic mass is 32.2. The molecular formula is C17H22N4O4S. The summed E-state index contributed by atoms with van der Waals surface area (Å²) in [5, 5.41) is 10.9. The highest BCUT2D eigenvalue weighted by Gasteiger charge is 2.47. The normalized spacial score (nSPS) is 27.5. The molecule has 26 heavy (non-hydrogen) atoms. The van der Waals surface area contributed by atoms with Crippen molar-refractivity contribution in [3.05, 3.63) is 30.1 Å². The number of sulfonamides is 1. The van der Waals surface area contributed by atoms with Crippen LogP contribution in [-0.4, -0.2) is 76.6 Å². The Morgan fingerprint density at radius 2 is 2.08 bits per heavy atom. The topological polar surface area (TPSA) is 107 Å². The van der Waals surface area contributed by atoms with E-state index in [4.69, 9.17) is 0 Å². The number of carbonyl (C=O) groups is 1. The lowest BCUT2D eigenvalue weighted by atomic mass is 9.76. The molecule has 0 unspecified atom stereocenters. The molecule has 2 fully saturated rings. The number of hydrogen-bond donors (Lipinski definition) is 2. The summed E-state index contributed by atoms with van der Waals surface area (Å²) in [5.41, 5.74) is 1.25. The molecule has 2 aliphatic rings. The van der Waals surface area contributed by atoms with E-state index in [2.05, 4.69) is 9.97 Å². The van der Waals surface area contributed by atoms with Gasteiger partial charge in [-0.15, -0.1) is 0 Å². The summed E-state index contributed by atoms with van der Waals surface area (Å²) in [6.07, 6.45) is 3.64. The zero-order valence-electron chi connectivity index (χ0n) is 14.6. The fraction of sp³-hybridized carbons (Fsp3) is 0.529. The second-order valence-corrected chi connectivity index (χ2v) is 9.29. The number of likely N-dealkylation sites (tertiary alicyclic amines) is 1. The number of benzene rings is 1. The molecule has 1 amide bonds. The number of fused-ring (bicyclic) bond motifs is 2. The predicted octanol–water partition coefficient (Wildman–Crippen LogP) is 0.421. The largest absolute Gasteiger partial charge is 0.389 e. The van der Waals surface area contributed by atoms with Crippen molar-refractivity contribution in [3.8, 4) is 0 Å². The average molecular weight is 378 g/mol. The van der Waals surface area contributed by atoms with Crippen LogP contribution in [0.15, 0.2) is 24.5 Å². The van der Waals surface area contributed by atoms with Gasteiger partial charge in [-0.2, -0.15) is 0 Å². The second-order valence-electron chi connectivity index (χ2n) is 7.31. The molecule has 3 heterocycles. The first kappa shape index (κ1) is 17.4. The van der Waals surface area contributed by atoms with E-state index in [1.165, 1.54) is 10.6 Å². The number of aromatic nitrogens is 2. The molecule has 2 aromatic rings. The minimum absolute atomic E-state index is 0.111. The van der Waals surface area contributed by atoms with Gasteiger partial charge in [0.25, 0.3) is 5.91 Å². The Bertz CT molecular complexity index is 957. The van der Waals surface area contributed by atoms with Crippen molar-refractivity contribution in [1.82, 2.24) is 19.2 Å². The van der Waals surface area contributed by atoms with Crippen LogP contribution >= 0.6 is 0 Å². The van der Waals surface area contributed by atoms with Gasteiger partial charge in [0.15, 0.2) is 0 Å². The van der Waals surface area contributed by atoms with Gasteiger partial charge in [0.05, 0.1) is 29.2 Å². The van der Waals surface area contributed by atoms with Crippen molar-refractivity contribution in [2.24, 2.45) is 5.92 Å². The quantitative estimate of drug-likeness (QED) is 0.788. The summed E-state index contributed by atoms with van der Waals surface area (Å²) in [7, 11) is -3.30. The fourth-order valence-electron chi connectivity index (χ4n) is 4.01. The van der Waals surface area contributed by atoms with Gasteiger partial charge >= 0.3 is 0 Å². The number of aliphatic hydroxyl groups is 1. The van der Waals surface area contributed by atoms with E-state index in [0.29, 0.717) is 38.0 Å². The Kier molecular flexibility index (Phi) is 4.05. The molecule has 0 saturated carbocycles. The third-order valence-corrected chi connectivity index (χ3v) is 6.93. The van der Waals surface area contributed by atoms with Gasteiger partial charge in [-0.25, -0.2) is 17.7 Å². The summed E-state index contributed by atoms with van der Waals surface area (Å²) in [4.78, 5) is 21.8. The Hall–Kier alpha value is -1.97. The summed E-state index contributed by atoms with van der Waals surface area (Å²) in [6.45, 7) is 1.39. The second kappa shape index (κ2) is 6.04. The Morgan fingerprint density at radius 3 is 2.85 bits per heavy atom. The van der Waals surface area contributed by atoms with Crippen molar-refractivity contribution in [3.63, 3.8) is 0 Å². The molecule has 140 valence electrons. The Labute approximate surface area is 151 Å². The maximum atomic E-state index is 12.9. The number of H-pyrrole nitrogens is 1. The first-order valence-electron chi connectivity index (χ1n) is 8.66. The third-order valence-electron chi connectivity index (χ3n) is 5.66. The molecule has 0 aliphatic carbocycles. The minimum atomic E-state index is -3.30. The zero-order chi connectivity index (χ0) is 18.5. The summed E-state index contributed by atoms with van der Waals surface area (Å²) in [6, 6.07) is 5.32. The molecule has 0 radical (unpaired) electrons. The van der Waals surface area contributed by atoms with Crippen LogP contribution in [0.5, 0.6) is 0 Å². The van der Waals surface area contributed by atoms with Gasteiger partial charge in [-0.3, -0.25) is 4.79 Å². The summed E-state index contributed by atoms with van der Waals surface area (Å²) in [5.74, 6) is -0.389. The van der Waals surface area contributed by atoms with E-state index in [-0.39, 0.29) is 18.4 Å². The van der Waals surface area contributed by atoms with E-state index in [9.17, 15) is 18.3 Å². The number of carbonyl (C=O) groups excluding carboxylic acids is 1. The molecule has 8 nitrogen and oxygen atoms in total. The number of aromatic amines is 1. The van der Waals surface area contributed by atoms with Gasteiger partial charge in [0.2, 0.25) is 10.0 Å². The van der Waals surface area contributed by atoms with Crippen LogP contribution in [0, 0.1) is 5.92 Å². The van der Waals surface area contributed by atoms with E-state index < -0.39 is 15.6 Å². The van der Waals surface area contributed by atoms with Gasteiger partial charge in [0.1, 0.15) is 0 Å². The van der Waals surface area contributed by atoms with Crippen molar-refractivity contribution >= 4 is 27.0 Å². The lowest BCUT2D eigenvalue weighted by Crippen LogP contribution is -2.61. The highest BCUT2D eigenvalue weighted by Crippen LogP contribution is 2.36. The monoisotopic (exact) mass is 378 g/mol. The molecule has 0 spiro atoms. The molecule has 2 saturated heterocycles. The lowest BCUT2D eigenvalue weighted by Gasteiger charge is -2.49. The minimum Gasteiger partial charge on any atom is -0.389 e. The van der Waals surface area contributed by atoms with Crippen molar-refractivity contribution in [2.75, 3.05) is 32.4 Å². The van der Waals surface area contributed by atoms with Crippen molar-refractivity contribution in [2.45, 2.75) is 18.4 Å².